The molecule has 0 saturated heterocycles. The molecule has 0 atom stereocenters. The van der Waals surface area contributed by atoms with Crippen molar-refractivity contribution in [3.63, 3.8) is 0 Å². The molecule has 0 spiro atoms. The van der Waals surface area contributed by atoms with Gasteiger partial charge >= 0.3 is 6.18 Å². The molecule has 1 fully saturated rings. The maximum absolute atomic E-state index is 12.7. The molecule has 1 aliphatic carbocycles. The van der Waals surface area contributed by atoms with Gasteiger partial charge in [-0.15, -0.1) is 0 Å². The standard InChI is InChI=1S/C19H17F3N2O2/c20-19(21,22)15-5-2-4-14(10-15)17(25)23-11-12-3-1-6-16(9-12)24-18(26)13-7-8-13/h1-6,9-10,13H,7-8,11H2,(H,23,25)(H,24,26). The molecular formula is C19H17F3N2O2. The minimum atomic E-state index is -4.50. The number of rotatable bonds is 5. The van der Waals surface area contributed by atoms with Crippen molar-refractivity contribution < 1.29 is 22.8 Å². The first-order chi connectivity index (χ1) is 12.3. The number of alkyl halides is 3. The number of benzene rings is 2. The summed E-state index contributed by atoms with van der Waals surface area (Å²) in [7, 11) is 0. The zero-order valence-electron chi connectivity index (χ0n) is 13.8. The van der Waals surface area contributed by atoms with Gasteiger partial charge < -0.3 is 10.6 Å². The molecule has 2 amide bonds. The number of anilines is 1. The molecule has 1 aliphatic rings. The van der Waals surface area contributed by atoms with E-state index in [4.69, 9.17) is 0 Å². The van der Waals surface area contributed by atoms with Crippen molar-refractivity contribution in [3.8, 4) is 0 Å². The Kier molecular flexibility index (Phi) is 4.97. The fraction of sp³-hybridized carbons (Fsp3) is 0.263. The summed E-state index contributed by atoms with van der Waals surface area (Å²) in [6, 6.07) is 11.3. The number of carbonyl (C=O) groups is 2. The van der Waals surface area contributed by atoms with Gasteiger partial charge in [-0.1, -0.05) is 18.2 Å². The van der Waals surface area contributed by atoms with E-state index in [1.54, 1.807) is 24.3 Å². The summed E-state index contributed by atoms with van der Waals surface area (Å²) in [5, 5.41) is 5.40. The molecular weight excluding hydrogens is 345 g/mol. The first kappa shape index (κ1) is 18.0. The van der Waals surface area contributed by atoms with Crippen molar-refractivity contribution in [2.24, 2.45) is 5.92 Å². The SMILES string of the molecule is O=C(NCc1cccc(NC(=O)C2CC2)c1)c1cccc(C(F)(F)F)c1. The predicted octanol–water partition coefficient (Wildman–Crippen LogP) is 3.98. The molecule has 26 heavy (non-hydrogen) atoms. The quantitative estimate of drug-likeness (QED) is 0.845. The van der Waals surface area contributed by atoms with Crippen LogP contribution >= 0.6 is 0 Å². The zero-order chi connectivity index (χ0) is 18.7. The van der Waals surface area contributed by atoms with E-state index in [-0.39, 0.29) is 23.9 Å². The van der Waals surface area contributed by atoms with Crippen LogP contribution in [0.4, 0.5) is 18.9 Å². The number of carbonyl (C=O) groups excluding carboxylic acids is 2. The van der Waals surface area contributed by atoms with E-state index < -0.39 is 17.6 Å². The van der Waals surface area contributed by atoms with Gasteiger partial charge in [0.25, 0.3) is 5.91 Å². The van der Waals surface area contributed by atoms with Crippen molar-refractivity contribution in [2.45, 2.75) is 25.6 Å². The van der Waals surface area contributed by atoms with Crippen molar-refractivity contribution in [3.05, 3.63) is 65.2 Å². The van der Waals surface area contributed by atoms with E-state index in [2.05, 4.69) is 10.6 Å². The summed E-state index contributed by atoms with van der Waals surface area (Å²) in [6.07, 6.45) is -2.69. The third-order valence-corrected chi connectivity index (χ3v) is 4.05. The number of halogens is 3. The molecule has 4 nitrogen and oxygen atoms in total. The summed E-state index contributed by atoms with van der Waals surface area (Å²) in [6.45, 7) is 0.141. The Morgan fingerprint density at radius 1 is 1.04 bits per heavy atom. The lowest BCUT2D eigenvalue weighted by atomic mass is 10.1. The lowest BCUT2D eigenvalue weighted by Gasteiger charge is -2.10. The molecule has 3 rings (SSSR count). The lowest BCUT2D eigenvalue weighted by molar-refractivity contribution is -0.137. The number of nitrogens with one attached hydrogen (secondary N) is 2. The molecule has 2 aromatic carbocycles. The highest BCUT2D eigenvalue weighted by Gasteiger charge is 2.31. The van der Waals surface area contributed by atoms with E-state index in [9.17, 15) is 22.8 Å². The van der Waals surface area contributed by atoms with Crippen LogP contribution < -0.4 is 10.6 Å². The van der Waals surface area contributed by atoms with Crippen LogP contribution in [0.1, 0.15) is 34.3 Å². The Labute approximate surface area is 148 Å². The average molecular weight is 362 g/mol. The number of hydrogen-bond donors (Lipinski definition) is 2. The van der Waals surface area contributed by atoms with Crippen LogP contribution in [0.2, 0.25) is 0 Å². The van der Waals surface area contributed by atoms with Crippen LogP contribution in [0.5, 0.6) is 0 Å². The van der Waals surface area contributed by atoms with Gasteiger partial charge in [-0.2, -0.15) is 13.2 Å². The van der Waals surface area contributed by atoms with E-state index in [1.165, 1.54) is 12.1 Å². The summed E-state index contributed by atoms with van der Waals surface area (Å²) in [4.78, 5) is 23.9. The van der Waals surface area contributed by atoms with Gasteiger partial charge in [0, 0.05) is 23.7 Å². The highest BCUT2D eigenvalue weighted by molar-refractivity contribution is 5.95. The monoisotopic (exact) mass is 362 g/mol. The predicted molar refractivity (Wildman–Crippen MR) is 90.4 cm³/mol. The van der Waals surface area contributed by atoms with Crippen molar-refractivity contribution >= 4 is 17.5 Å². The van der Waals surface area contributed by atoms with Crippen LogP contribution in [0, 0.1) is 5.92 Å². The molecule has 2 aromatic rings. The maximum atomic E-state index is 12.7. The van der Waals surface area contributed by atoms with Crippen LogP contribution in [0.3, 0.4) is 0 Å². The summed E-state index contributed by atoms with van der Waals surface area (Å²) < 4.78 is 38.2. The molecule has 0 aromatic heterocycles. The first-order valence-electron chi connectivity index (χ1n) is 8.18. The smallest absolute Gasteiger partial charge is 0.348 e. The van der Waals surface area contributed by atoms with E-state index in [0.29, 0.717) is 5.69 Å². The first-order valence-corrected chi connectivity index (χ1v) is 8.18. The van der Waals surface area contributed by atoms with E-state index >= 15 is 0 Å². The normalized spacial score (nSPS) is 14.0. The van der Waals surface area contributed by atoms with Crippen molar-refractivity contribution in [1.82, 2.24) is 5.32 Å². The topological polar surface area (TPSA) is 58.2 Å². The Hall–Kier alpha value is -2.83. The van der Waals surface area contributed by atoms with E-state index in [1.807, 2.05) is 0 Å². The van der Waals surface area contributed by atoms with Crippen LogP contribution in [0.15, 0.2) is 48.5 Å². The van der Waals surface area contributed by atoms with Gasteiger partial charge in [-0.05, 0) is 48.7 Å². The molecule has 7 heteroatoms. The minimum Gasteiger partial charge on any atom is -0.348 e. The van der Waals surface area contributed by atoms with Gasteiger partial charge in [-0.25, -0.2) is 0 Å². The summed E-state index contributed by atoms with van der Waals surface area (Å²) in [5.41, 5.74) is 0.444. The largest absolute Gasteiger partial charge is 0.416 e. The van der Waals surface area contributed by atoms with Gasteiger partial charge in [-0.3, -0.25) is 9.59 Å². The summed E-state index contributed by atoms with van der Waals surface area (Å²) in [5.74, 6) is -0.530. The third-order valence-electron chi connectivity index (χ3n) is 4.05. The average Bonchev–Trinajstić information content (AvgIpc) is 3.44. The zero-order valence-corrected chi connectivity index (χ0v) is 13.8. The van der Waals surface area contributed by atoms with Gasteiger partial charge in [0.05, 0.1) is 5.56 Å². The van der Waals surface area contributed by atoms with Gasteiger partial charge in [0.1, 0.15) is 0 Å². The molecule has 0 unspecified atom stereocenters. The van der Waals surface area contributed by atoms with Crippen LogP contribution in [-0.2, 0) is 17.5 Å². The molecule has 0 aliphatic heterocycles. The molecule has 0 heterocycles. The Balaban J connectivity index is 1.61. The highest BCUT2D eigenvalue weighted by Crippen LogP contribution is 2.30. The minimum absolute atomic E-state index is 0.0184. The van der Waals surface area contributed by atoms with E-state index in [0.717, 1.165) is 30.5 Å². The fourth-order valence-corrected chi connectivity index (χ4v) is 2.47. The second-order valence-electron chi connectivity index (χ2n) is 6.23. The molecule has 1 saturated carbocycles. The Morgan fingerprint density at radius 3 is 2.46 bits per heavy atom. The number of hydrogen-bond acceptors (Lipinski definition) is 2. The second-order valence-corrected chi connectivity index (χ2v) is 6.23. The lowest BCUT2D eigenvalue weighted by Crippen LogP contribution is -2.23. The van der Waals surface area contributed by atoms with Crippen LogP contribution in [-0.4, -0.2) is 11.8 Å². The second kappa shape index (κ2) is 7.19. The summed E-state index contributed by atoms with van der Waals surface area (Å²) >= 11 is 0. The van der Waals surface area contributed by atoms with Gasteiger partial charge in [0.2, 0.25) is 5.91 Å². The van der Waals surface area contributed by atoms with Crippen molar-refractivity contribution in [1.29, 1.82) is 0 Å². The fourth-order valence-electron chi connectivity index (χ4n) is 2.47. The molecule has 0 bridgehead atoms. The maximum Gasteiger partial charge on any atom is 0.416 e. The van der Waals surface area contributed by atoms with Crippen LogP contribution in [0.25, 0.3) is 0 Å². The number of amides is 2. The third kappa shape index (κ3) is 4.62. The molecule has 136 valence electrons. The Bertz CT molecular complexity index is 830. The van der Waals surface area contributed by atoms with Gasteiger partial charge in [0.15, 0.2) is 0 Å². The highest BCUT2D eigenvalue weighted by atomic mass is 19.4. The molecule has 2 N–H and O–H groups in total. The van der Waals surface area contributed by atoms with Crippen molar-refractivity contribution in [2.75, 3.05) is 5.32 Å². The molecule has 0 radical (unpaired) electrons. The Morgan fingerprint density at radius 2 is 1.77 bits per heavy atom.